The zero-order valence-electron chi connectivity index (χ0n) is 13.3. The summed E-state index contributed by atoms with van der Waals surface area (Å²) in [6, 6.07) is 16.5. The monoisotopic (exact) mass is 419 g/mol. The van der Waals surface area contributed by atoms with Gasteiger partial charge in [0.25, 0.3) is 5.91 Å². The number of para-hydroxylation sites is 1. The number of carbonyl (C=O) groups excluding carboxylic acids is 1. The molecule has 0 spiro atoms. The second-order valence-corrected chi connectivity index (χ2v) is 6.60. The van der Waals surface area contributed by atoms with Crippen LogP contribution in [0.4, 0.5) is 5.82 Å². The van der Waals surface area contributed by atoms with Gasteiger partial charge in [0.1, 0.15) is 5.75 Å². The van der Waals surface area contributed by atoms with Crippen molar-refractivity contribution < 1.29 is 9.53 Å². The number of amides is 1. The number of halogens is 2. The largest absolute Gasteiger partial charge is 0.480 e. The van der Waals surface area contributed by atoms with Gasteiger partial charge < -0.3 is 10.1 Å². The maximum absolute atomic E-state index is 12.3. The van der Waals surface area contributed by atoms with Crippen molar-refractivity contribution in [3.8, 4) is 11.4 Å². The van der Waals surface area contributed by atoms with Crippen molar-refractivity contribution in [3.63, 3.8) is 0 Å². The lowest BCUT2D eigenvalue weighted by atomic mass is 10.3. The Bertz CT molecular complexity index is 883. The molecule has 1 aromatic heterocycles. The van der Waals surface area contributed by atoms with Gasteiger partial charge in [0, 0.05) is 17.3 Å². The summed E-state index contributed by atoms with van der Waals surface area (Å²) in [6.07, 6.45) is 1.09. The fourth-order valence-corrected chi connectivity index (χ4v) is 2.93. The number of carbonyl (C=O) groups is 1. The van der Waals surface area contributed by atoms with Crippen LogP contribution in [-0.2, 0) is 4.79 Å². The van der Waals surface area contributed by atoms with E-state index >= 15 is 0 Å². The lowest BCUT2D eigenvalue weighted by Gasteiger charge is -2.15. The van der Waals surface area contributed by atoms with Crippen molar-refractivity contribution in [3.05, 3.63) is 70.3 Å². The highest BCUT2D eigenvalue weighted by Gasteiger charge is 2.17. The third kappa shape index (κ3) is 4.41. The van der Waals surface area contributed by atoms with E-state index in [4.69, 9.17) is 16.3 Å². The minimum absolute atomic E-state index is 0.292. The molecule has 0 saturated carbocycles. The van der Waals surface area contributed by atoms with Crippen LogP contribution in [-0.4, -0.2) is 21.8 Å². The van der Waals surface area contributed by atoms with Gasteiger partial charge in [-0.05, 0) is 53.2 Å². The molecule has 0 bridgehead atoms. The fraction of sp³-hybridized carbons (Fsp3) is 0.111. The maximum Gasteiger partial charge on any atom is 0.266 e. The van der Waals surface area contributed by atoms with E-state index in [1.807, 2.05) is 30.3 Å². The SMILES string of the molecule is CC(Oc1ccc(Cl)cc1Br)C(=O)Nc1ccn(-c2ccccc2)n1. The Kier molecular flexibility index (Phi) is 5.40. The predicted molar refractivity (Wildman–Crippen MR) is 101 cm³/mol. The highest BCUT2D eigenvalue weighted by molar-refractivity contribution is 9.10. The molecule has 0 aliphatic heterocycles. The Morgan fingerprint density at radius 1 is 1.24 bits per heavy atom. The number of hydrogen-bond donors (Lipinski definition) is 1. The van der Waals surface area contributed by atoms with Crippen molar-refractivity contribution >= 4 is 39.3 Å². The lowest BCUT2D eigenvalue weighted by Crippen LogP contribution is -2.30. The number of rotatable bonds is 5. The first-order valence-corrected chi connectivity index (χ1v) is 8.74. The summed E-state index contributed by atoms with van der Waals surface area (Å²) < 4.78 is 8.05. The van der Waals surface area contributed by atoms with Crippen molar-refractivity contribution in [2.75, 3.05) is 5.32 Å². The molecule has 5 nitrogen and oxygen atoms in total. The van der Waals surface area contributed by atoms with Crippen molar-refractivity contribution in [2.24, 2.45) is 0 Å². The summed E-state index contributed by atoms with van der Waals surface area (Å²) in [5.74, 6) is 0.710. The van der Waals surface area contributed by atoms with Crippen LogP contribution in [0, 0.1) is 0 Å². The van der Waals surface area contributed by atoms with E-state index in [0.29, 0.717) is 21.1 Å². The topological polar surface area (TPSA) is 56.1 Å². The van der Waals surface area contributed by atoms with Crippen LogP contribution in [0.15, 0.2) is 65.3 Å². The Morgan fingerprint density at radius 3 is 2.72 bits per heavy atom. The number of anilines is 1. The normalized spacial score (nSPS) is 11.8. The van der Waals surface area contributed by atoms with Gasteiger partial charge in [0.15, 0.2) is 11.9 Å². The van der Waals surface area contributed by atoms with Crippen LogP contribution in [0.1, 0.15) is 6.92 Å². The van der Waals surface area contributed by atoms with E-state index in [-0.39, 0.29) is 5.91 Å². The zero-order valence-corrected chi connectivity index (χ0v) is 15.7. The molecule has 1 atom stereocenters. The Hall–Kier alpha value is -2.31. The summed E-state index contributed by atoms with van der Waals surface area (Å²) in [4.78, 5) is 12.3. The van der Waals surface area contributed by atoms with E-state index in [1.165, 1.54) is 0 Å². The molecule has 1 N–H and O–H groups in total. The van der Waals surface area contributed by atoms with E-state index in [0.717, 1.165) is 5.69 Å². The molecule has 0 radical (unpaired) electrons. The zero-order chi connectivity index (χ0) is 17.8. The molecular formula is C18H15BrClN3O2. The van der Waals surface area contributed by atoms with Crippen LogP contribution >= 0.6 is 27.5 Å². The van der Waals surface area contributed by atoms with E-state index in [2.05, 4.69) is 26.3 Å². The first kappa shape index (κ1) is 17.5. The summed E-state index contributed by atoms with van der Waals surface area (Å²) >= 11 is 9.26. The van der Waals surface area contributed by atoms with Crippen LogP contribution in [0.3, 0.4) is 0 Å². The maximum atomic E-state index is 12.3. The standard InChI is InChI=1S/C18H15BrClN3O2/c1-12(25-16-8-7-13(20)11-15(16)19)18(24)21-17-9-10-23(22-17)14-5-3-2-4-6-14/h2-12H,1H3,(H,21,22,24). The fourth-order valence-electron chi connectivity index (χ4n) is 2.16. The van der Waals surface area contributed by atoms with Gasteiger partial charge >= 0.3 is 0 Å². The number of nitrogens with zero attached hydrogens (tertiary/aromatic N) is 2. The number of hydrogen-bond acceptors (Lipinski definition) is 3. The average molecular weight is 421 g/mol. The molecule has 0 aliphatic carbocycles. The molecule has 3 aromatic rings. The third-order valence-electron chi connectivity index (χ3n) is 3.43. The van der Waals surface area contributed by atoms with Crippen molar-refractivity contribution in [1.29, 1.82) is 0 Å². The molecule has 0 aliphatic rings. The van der Waals surface area contributed by atoms with E-state index in [9.17, 15) is 4.79 Å². The lowest BCUT2D eigenvalue weighted by molar-refractivity contribution is -0.122. The van der Waals surface area contributed by atoms with Crippen LogP contribution in [0.25, 0.3) is 5.69 Å². The minimum atomic E-state index is -0.695. The molecule has 0 saturated heterocycles. The smallest absolute Gasteiger partial charge is 0.266 e. The van der Waals surface area contributed by atoms with Gasteiger partial charge in [-0.1, -0.05) is 29.8 Å². The molecular weight excluding hydrogens is 406 g/mol. The average Bonchev–Trinajstić information content (AvgIpc) is 3.06. The number of nitrogens with one attached hydrogen (secondary N) is 1. The van der Waals surface area contributed by atoms with Crippen molar-refractivity contribution in [2.45, 2.75) is 13.0 Å². The predicted octanol–water partition coefficient (Wildman–Crippen LogP) is 4.69. The molecule has 3 rings (SSSR count). The molecule has 2 aromatic carbocycles. The van der Waals surface area contributed by atoms with Crippen LogP contribution in [0.5, 0.6) is 5.75 Å². The summed E-state index contributed by atoms with van der Waals surface area (Å²) in [5, 5.41) is 7.67. The van der Waals surface area contributed by atoms with Crippen molar-refractivity contribution in [1.82, 2.24) is 9.78 Å². The molecule has 0 fully saturated rings. The van der Waals surface area contributed by atoms with E-state index in [1.54, 1.807) is 42.1 Å². The molecule has 1 unspecified atom stereocenters. The summed E-state index contributed by atoms with van der Waals surface area (Å²) in [5.41, 5.74) is 0.914. The third-order valence-corrected chi connectivity index (χ3v) is 4.28. The van der Waals surface area contributed by atoms with Gasteiger partial charge in [-0.2, -0.15) is 5.10 Å². The Balaban J connectivity index is 1.65. The van der Waals surface area contributed by atoms with E-state index < -0.39 is 6.10 Å². The van der Waals surface area contributed by atoms with Crippen LogP contribution in [0.2, 0.25) is 5.02 Å². The number of ether oxygens (including phenoxy) is 1. The first-order valence-electron chi connectivity index (χ1n) is 7.56. The van der Waals surface area contributed by atoms with Gasteiger partial charge in [-0.25, -0.2) is 4.68 Å². The number of benzene rings is 2. The van der Waals surface area contributed by atoms with Crippen LogP contribution < -0.4 is 10.1 Å². The van der Waals surface area contributed by atoms with Gasteiger partial charge in [0.2, 0.25) is 0 Å². The molecule has 1 amide bonds. The molecule has 25 heavy (non-hydrogen) atoms. The summed E-state index contributed by atoms with van der Waals surface area (Å²) in [6.45, 7) is 1.67. The Labute approximate surface area is 158 Å². The van der Waals surface area contributed by atoms with Gasteiger partial charge in [-0.15, -0.1) is 0 Å². The Morgan fingerprint density at radius 2 is 2.00 bits per heavy atom. The van der Waals surface area contributed by atoms with Gasteiger partial charge in [0.05, 0.1) is 10.2 Å². The quantitative estimate of drug-likeness (QED) is 0.651. The second-order valence-electron chi connectivity index (χ2n) is 5.31. The highest BCUT2D eigenvalue weighted by atomic mass is 79.9. The molecule has 1 heterocycles. The minimum Gasteiger partial charge on any atom is -0.480 e. The number of aromatic nitrogens is 2. The molecule has 128 valence electrons. The van der Waals surface area contributed by atoms with Gasteiger partial charge in [-0.3, -0.25) is 4.79 Å². The second kappa shape index (κ2) is 7.72. The molecule has 7 heteroatoms. The summed E-state index contributed by atoms with van der Waals surface area (Å²) in [7, 11) is 0. The highest BCUT2D eigenvalue weighted by Crippen LogP contribution is 2.28. The first-order chi connectivity index (χ1) is 12.0.